The molecule has 2 aromatic carbocycles. The fourth-order valence-corrected chi connectivity index (χ4v) is 4.49. The van der Waals surface area contributed by atoms with E-state index >= 15 is 0 Å². The van der Waals surface area contributed by atoms with Gasteiger partial charge in [0.05, 0.1) is 30.9 Å². The van der Waals surface area contributed by atoms with Crippen molar-refractivity contribution in [3.8, 4) is 11.5 Å². The van der Waals surface area contributed by atoms with E-state index in [-0.39, 0.29) is 29.2 Å². The number of carbonyl (C=O) groups is 2. The van der Waals surface area contributed by atoms with Crippen LogP contribution in [0.3, 0.4) is 0 Å². The highest BCUT2D eigenvalue weighted by atomic mass is 32.2. The largest absolute Gasteiger partial charge is 0.490 e. The Bertz CT molecular complexity index is 1030. The topological polar surface area (TPSA) is 99.2 Å². The normalized spacial score (nSPS) is 14.4. The van der Waals surface area contributed by atoms with Crippen LogP contribution in [0.15, 0.2) is 47.4 Å². The highest BCUT2D eigenvalue weighted by molar-refractivity contribution is 7.90. The van der Waals surface area contributed by atoms with Gasteiger partial charge in [0.2, 0.25) is 0 Å². The lowest BCUT2D eigenvalue weighted by Gasteiger charge is -2.15. The minimum Gasteiger partial charge on any atom is -0.490 e. The molecule has 0 radical (unpaired) electrons. The summed E-state index contributed by atoms with van der Waals surface area (Å²) in [5, 5.41) is 0. The number of sulfonamides is 1. The average Bonchev–Trinajstić information content (AvgIpc) is 2.90. The summed E-state index contributed by atoms with van der Waals surface area (Å²) in [4.78, 5) is 24.6. The zero-order valence-corrected chi connectivity index (χ0v) is 16.9. The highest BCUT2D eigenvalue weighted by Gasteiger charge is 2.40. The second-order valence-electron chi connectivity index (χ2n) is 6.04. The smallest absolute Gasteiger partial charge is 0.338 e. The van der Waals surface area contributed by atoms with Gasteiger partial charge < -0.3 is 14.2 Å². The van der Waals surface area contributed by atoms with Crippen molar-refractivity contribution in [1.82, 2.24) is 4.31 Å². The van der Waals surface area contributed by atoms with E-state index in [1.165, 1.54) is 24.3 Å². The van der Waals surface area contributed by atoms with Gasteiger partial charge in [0, 0.05) is 0 Å². The van der Waals surface area contributed by atoms with Crippen LogP contribution < -0.4 is 9.47 Å². The molecule has 0 saturated heterocycles. The average molecular weight is 419 g/mol. The predicted octanol–water partition coefficient (Wildman–Crippen LogP) is 2.49. The third-order valence-electron chi connectivity index (χ3n) is 4.22. The van der Waals surface area contributed by atoms with Gasteiger partial charge in [0.15, 0.2) is 11.5 Å². The summed E-state index contributed by atoms with van der Waals surface area (Å²) < 4.78 is 41.8. The molecule has 9 heteroatoms. The Hall–Kier alpha value is -3.07. The van der Waals surface area contributed by atoms with Crippen LogP contribution in [-0.4, -0.2) is 51.0 Å². The molecule has 29 heavy (non-hydrogen) atoms. The monoisotopic (exact) mass is 419 g/mol. The van der Waals surface area contributed by atoms with E-state index in [0.29, 0.717) is 24.7 Å². The fraction of sp³-hybridized carbons (Fsp3) is 0.300. The maximum Gasteiger partial charge on any atom is 0.338 e. The lowest BCUT2D eigenvalue weighted by atomic mass is 10.2. The van der Waals surface area contributed by atoms with Crippen molar-refractivity contribution in [2.75, 3.05) is 26.4 Å². The Morgan fingerprint density at radius 2 is 1.69 bits per heavy atom. The van der Waals surface area contributed by atoms with Crippen molar-refractivity contribution in [2.45, 2.75) is 18.7 Å². The maximum absolute atomic E-state index is 12.5. The molecular formula is C20H21NO7S. The number of nitrogens with zero attached hydrogens (tertiary/aromatic N) is 1. The van der Waals surface area contributed by atoms with Gasteiger partial charge in [0.25, 0.3) is 15.9 Å². The van der Waals surface area contributed by atoms with Crippen molar-refractivity contribution in [2.24, 2.45) is 0 Å². The number of rotatable bonds is 8. The standard InChI is InChI=1S/C20H21NO7S/c1-3-26-16-10-9-14(13-17(16)27-4-2)20(23)28-12-11-21-19(22)15-7-5-6-8-18(15)29(21,24)25/h5-10,13H,3-4,11-12H2,1-2H3. The Morgan fingerprint density at radius 1 is 1.00 bits per heavy atom. The second kappa shape index (κ2) is 8.52. The Balaban J connectivity index is 1.66. The Kier molecular flexibility index (Phi) is 6.07. The zero-order chi connectivity index (χ0) is 21.0. The van der Waals surface area contributed by atoms with Crippen molar-refractivity contribution in [1.29, 1.82) is 0 Å². The van der Waals surface area contributed by atoms with Crippen LogP contribution in [0.4, 0.5) is 0 Å². The summed E-state index contributed by atoms with van der Waals surface area (Å²) in [5.41, 5.74) is 0.350. The molecule has 3 rings (SSSR count). The first-order chi connectivity index (χ1) is 13.9. The number of carbonyl (C=O) groups excluding carboxylic acids is 2. The zero-order valence-electron chi connectivity index (χ0n) is 16.1. The van der Waals surface area contributed by atoms with E-state index in [0.717, 1.165) is 4.31 Å². The van der Waals surface area contributed by atoms with Gasteiger partial charge in [-0.15, -0.1) is 0 Å². The summed E-state index contributed by atoms with van der Waals surface area (Å²) in [6, 6.07) is 10.6. The van der Waals surface area contributed by atoms with Gasteiger partial charge in [-0.2, -0.15) is 0 Å². The van der Waals surface area contributed by atoms with Gasteiger partial charge >= 0.3 is 5.97 Å². The first-order valence-corrected chi connectivity index (χ1v) is 10.6. The molecule has 8 nitrogen and oxygen atoms in total. The molecule has 1 amide bonds. The molecule has 0 unspecified atom stereocenters. The van der Waals surface area contributed by atoms with Crippen molar-refractivity contribution >= 4 is 21.9 Å². The minimum atomic E-state index is -3.93. The molecule has 0 bridgehead atoms. The highest BCUT2D eigenvalue weighted by Crippen LogP contribution is 2.30. The molecule has 0 saturated carbocycles. The van der Waals surface area contributed by atoms with E-state index in [1.807, 2.05) is 13.8 Å². The number of benzene rings is 2. The predicted molar refractivity (Wildman–Crippen MR) is 104 cm³/mol. The van der Waals surface area contributed by atoms with Crippen LogP contribution in [0.25, 0.3) is 0 Å². The molecule has 0 N–H and O–H groups in total. The second-order valence-corrected chi connectivity index (χ2v) is 7.87. The molecule has 0 atom stereocenters. The van der Waals surface area contributed by atoms with Gasteiger partial charge in [0.1, 0.15) is 11.5 Å². The molecule has 0 spiro atoms. The fourth-order valence-electron chi connectivity index (χ4n) is 2.93. The summed E-state index contributed by atoms with van der Waals surface area (Å²) in [7, 11) is -3.93. The molecular weight excluding hydrogens is 398 g/mol. The third-order valence-corrected chi connectivity index (χ3v) is 6.06. The number of esters is 1. The van der Waals surface area contributed by atoms with Crippen LogP contribution in [-0.2, 0) is 14.8 Å². The first-order valence-electron chi connectivity index (χ1n) is 9.13. The number of ether oxygens (including phenoxy) is 3. The number of hydrogen-bond donors (Lipinski definition) is 0. The van der Waals surface area contributed by atoms with Gasteiger partial charge in [-0.25, -0.2) is 17.5 Å². The molecule has 0 aromatic heterocycles. The number of amides is 1. The summed E-state index contributed by atoms with van der Waals surface area (Å²) in [5.74, 6) is -0.360. The number of fused-ring (bicyclic) bond motifs is 1. The summed E-state index contributed by atoms with van der Waals surface area (Å²) in [6.07, 6.45) is 0. The quantitative estimate of drug-likeness (QED) is 0.606. The first kappa shape index (κ1) is 20.7. The van der Waals surface area contributed by atoms with Crippen LogP contribution in [0.1, 0.15) is 34.6 Å². The van der Waals surface area contributed by atoms with E-state index in [1.54, 1.807) is 18.2 Å². The number of hydrogen-bond acceptors (Lipinski definition) is 7. The SMILES string of the molecule is CCOc1ccc(C(=O)OCCN2C(=O)c3ccccc3S2(=O)=O)cc1OCC. The molecule has 0 fully saturated rings. The molecule has 154 valence electrons. The summed E-state index contributed by atoms with van der Waals surface area (Å²) >= 11 is 0. The minimum absolute atomic E-state index is 0.0378. The van der Waals surface area contributed by atoms with Crippen molar-refractivity contribution < 1.29 is 32.2 Å². The maximum atomic E-state index is 12.5. The van der Waals surface area contributed by atoms with Crippen molar-refractivity contribution in [3.63, 3.8) is 0 Å². The third kappa shape index (κ3) is 4.04. The molecule has 2 aromatic rings. The van der Waals surface area contributed by atoms with Crippen LogP contribution in [0, 0.1) is 0 Å². The van der Waals surface area contributed by atoms with Crippen LogP contribution in [0.2, 0.25) is 0 Å². The van der Waals surface area contributed by atoms with Gasteiger partial charge in [-0.3, -0.25) is 4.79 Å². The van der Waals surface area contributed by atoms with Crippen LogP contribution in [0.5, 0.6) is 11.5 Å². The van der Waals surface area contributed by atoms with E-state index < -0.39 is 21.9 Å². The molecule has 1 aliphatic rings. The van der Waals surface area contributed by atoms with Gasteiger partial charge in [-0.05, 0) is 44.2 Å². The Labute approximate surface area is 169 Å². The lowest BCUT2D eigenvalue weighted by molar-refractivity contribution is 0.0477. The van der Waals surface area contributed by atoms with E-state index in [9.17, 15) is 18.0 Å². The lowest BCUT2D eigenvalue weighted by Crippen LogP contribution is -2.33. The van der Waals surface area contributed by atoms with Crippen LogP contribution >= 0.6 is 0 Å². The Morgan fingerprint density at radius 3 is 2.38 bits per heavy atom. The summed E-state index contributed by atoms with van der Waals surface area (Å²) in [6.45, 7) is 3.96. The van der Waals surface area contributed by atoms with E-state index in [4.69, 9.17) is 14.2 Å². The van der Waals surface area contributed by atoms with Crippen molar-refractivity contribution in [3.05, 3.63) is 53.6 Å². The molecule has 1 heterocycles. The molecule has 1 aliphatic heterocycles. The molecule has 0 aliphatic carbocycles. The van der Waals surface area contributed by atoms with Gasteiger partial charge in [-0.1, -0.05) is 12.1 Å². The van der Waals surface area contributed by atoms with E-state index in [2.05, 4.69) is 0 Å².